The van der Waals surface area contributed by atoms with Crippen LogP contribution in [0.4, 0.5) is 0 Å². The topological polar surface area (TPSA) is 49.8 Å². The Labute approximate surface area is 155 Å². The number of likely N-dealkylation sites (tertiary alicyclic amines) is 1. The molecule has 4 heteroatoms. The van der Waals surface area contributed by atoms with E-state index in [0.717, 1.165) is 24.4 Å². The smallest absolute Gasteiger partial charge is 0.306 e. The molecule has 0 amide bonds. The normalized spacial score (nSPS) is 17.0. The number of aryl methyl sites for hydroxylation is 2. The lowest BCUT2D eigenvalue weighted by atomic mass is 9.88. The van der Waals surface area contributed by atoms with Crippen LogP contribution in [0.3, 0.4) is 0 Å². The number of carboxylic acids is 1. The third-order valence-electron chi connectivity index (χ3n) is 5.41. The van der Waals surface area contributed by atoms with E-state index in [2.05, 4.69) is 43.0 Å². The number of aliphatic carboxylic acids is 1. The molecule has 1 aliphatic heterocycles. The fourth-order valence-corrected chi connectivity index (χ4v) is 3.91. The Morgan fingerprint density at radius 3 is 2.46 bits per heavy atom. The maximum atomic E-state index is 11.3. The van der Waals surface area contributed by atoms with Gasteiger partial charge in [-0.25, -0.2) is 0 Å². The van der Waals surface area contributed by atoms with E-state index in [9.17, 15) is 9.90 Å². The van der Waals surface area contributed by atoms with E-state index in [-0.39, 0.29) is 12.0 Å². The van der Waals surface area contributed by atoms with Gasteiger partial charge in [0, 0.05) is 5.56 Å². The Hall–Kier alpha value is -2.33. The zero-order valence-corrected chi connectivity index (χ0v) is 15.7. The van der Waals surface area contributed by atoms with Crippen molar-refractivity contribution in [1.29, 1.82) is 0 Å². The minimum atomic E-state index is -0.676. The summed E-state index contributed by atoms with van der Waals surface area (Å²) in [6.07, 6.45) is 1.37. The van der Waals surface area contributed by atoms with Crippen LogP contribution in [0.5, 0.6) is 5.75 Å². The fraction of sp³-hybridized carbons (Fsp3) is 0.409. The summed E-state index contributed by atoms with van der Waals surface area (Å²) in [4.78, 5) is 13.7. The summed E-state index contributed by atoms with van der Waals surface area (Å²) >= 11 is 0. The standard InChI is InChI=1S/C22H27NO3/c1-15-8-9-16(2)19(14-15)21(18-6-4-5-7-20(18)26-3)23-12-10-17(11-13-23)22(24)25/h4-9,14,17,21H,10-13H2,1-3H3,(H,24,25). The summed E-state index contributed by atoms with van der Waals surface area (Å²) in [5.74, 6) is -0.0350. The number of carbonyl (C=O) groups is 1. The van der Waals surface area contributed by atoms with Crippen LogP contribution in [0.2, 0.25) is 0 Å². The SMILES string of the molecule is COc1ccccc1C(c1cc(C)ccc1C)N1CCC(C(=O)O)CC1. The molecule has 0 aliphatic carbocycles. The van der Waals surface area contributed by atoms with Crippen LogP contribution in [0.15, 0.2) is 42.5 Å². The van der Waals surface area contributed by atoms with Gasteiger partial charge < -0.3 is 9.84 Å². The molecule has 1 saturated heterocycles. The molecule has 138 valence electrons. The molecule has 0 aromatic heterocycles. The second kappa shape index (κ2) is 7.92. The highest BCUT2D eigenvalue weighted by atomic mass is 16.5. The van der Waals surface area contributed by atoms with Crippen LogP contribution >= 0.6 is 0 Å². The molecular weight excluding hydrogens is 326 g/mol. The molecule has 0 saturated carbocycles. The zero-order chi connectivity index (χ0) is 18.7. The van der Waals surface area contributed by atoms with Crippen LogP contribution in [0.1, 0.15) is 41.1 Å². The van der Waals surface area contributed by atoms with E-state index in [0.29, 0.717) is 12.8 Å². The average molecular weight is 353 g/mol. The van der Waals surface area contributed by atoms with Crippen molar-refractivity contribution in [3.05, 3.63) is 64.7 Å². The largest absolute Gasteiger partial charge is 0.496 e. The second-order valence-electron chi connectivity index (χ2n) is 7.15. The zero-order valence-electron chi connectivity index (χ0n) is 15.7. The van der Waals surface area contributed by atoms with Gasteiger partial charge in [-0.05, 0) is 57.0 Å². The van der Waals surface area contributed by atoms with Crippen molar-refractivity contribution in [3.63, 3.8) is 0 Å². The number of hydrogen-bond acceptors (Lipinski definition) is 3. The minimum absolute atomic E-state index is 0.0702. The lowest BCUT2D eigenvalue weighted by Crippen LogP contribution is -2.39. The van der Waals surface area contributed by atoms with Gasteiger partial charge in [0.15, 0.2) is 0 Å². The second-order valence-corrected chi connectivity index (χ2v) is 7.15. The summed E-state index contributed by atoms with van der Waals surface area (Å²) in [6.45, 7) is 5.79. The number of para-hydroxylation sites is 1. The van der Waals surface area contributed by atoms with Crippen LogP contribution in [0, 0.1) is 19.8 Å². The Kier molecular flexibility index (Phi) is 5.62. The highest BCUT2D eigenvalue weighted by molar-refractivity contribution is 5.70. The molecule has 26 heavy (non-hydrogen) atoms. The summed E-state index contributed by atoms with van der Waals surface area (Å²) in [7, 11) is 1.70. The monoisotopic (exact) mass is 353 g/mol. The number of ether oxygens (including phenoxy) is 1. The number of benzene rings is 2. The van der Waals surface area contributed by atoms with Gasteiger partial charge in [0.05, 0.1) is 19.1 Å². The van der Waals surface area contributed by atoms with Crippen molar-refractivity contribution < 1.29 is 14.6 Å². The Bertz CT molecular complexity index is 779. The van der Waals surface area contributed by atoms with Gasteiger partial charge in [0.1, 0.15) is 5.75 Å². The minimum Gasteiger partial charge on any atom is -0.496 e. The molecule has 1 heterocycles. The predicted molar refractivity (Wildman–Crippen MR) is 103 cm³/mol. The van der Waals surface area contributed by atoms with Gasteiger partial charge in [0.2, 0.25) is 0 Å². The quantitative estimate of drug-likeness (QED) is 0.875. The number of nitrogens with zero attached hydrogens (tertiary/aromatic N) is 1. The molecule has 0 spiro atoms. The first-order valence-electron chi connectivity index (χ1n) is 9.18. The molecule has 1 fully saturated rings. The first-order chi connectivity index (χ1) is 12.5. The summed E-state index contributed by atoms with van der Waals surface area (Å²) in [5, 5.41) is 9.32. The number of rotatable bonds is 5. The number of methoxy groups -OCH3 is 1. The summed E-state index contributed by atoms with van der Waals surface area (Å²) < 4.78 is 5.65. The van der Waals surface area contributed by atoms with E-state index in [4.69, 9.17) is 4.74 Å². The predicted octanol–water partition coefficient (Wildman–Crippen LogP) is 4.20. The molecule has 4 nitrogen and oxygen atoms in total. The van der Waals surface area contributed by atoms with Crippen LogP contribution in [-0.2, 0) is 4.79 Å². The molecule has 1 unspecified atom stereocenters. The molecule has 2 aromatic carbocycles. The van der Waals surface area contributed by atoms with E-state index < -0.39 is 5.97 Å². The van der Waals surface area contributed by atoms with E-state index >= 15 is 0 Å². The van der Waals surface area contributed by atoms with Gasteiger partial charge in [-0.1, -0.05) is 42.0 Å². The molecule has 1 atom stereocenters. The van der Waals surface area contributed by atoms with Crippen molar-refractivity contribution in [2.75, 3.05) is 20.2 Å². The van der Waals surface area contributed by atoms with Crippen molar-refractivity contribution in [3.8, 4) is 5.75 Å². The molecular formula is C22H27NO3. The maximum Gasteiger partial charge on any atom is 0.306 e. The van der Waals surface area contributed by atoms with Gasteiger partial charge in [0.25, 0.3) is 0 Å². The lowest BCUT2D eigenvalue weighted by Gasteiger charge is -2.38. The average Bonchev–Trinajstić information content (AvgIpc) is 2.65. The lowest BCUT2D eigenvalue weighted by molar-refractivity contribution is -0.143. The van der Waals surface area contributed by atoms with Crippen LogP contribution in [0.25, 0.3) is 0 Å². The molecule has 1 N–H and O–H groups in total. The maximum absolute atomic E-state index is 11.3. The van der Waals surface area contributed by atoms with E-state index in [1.165, 1.54) is 16.7 Å². The van der Waals surface area contributed by atoms with Gasteiger partial charge in [-0.2, -0.15) is 0 Å². The highest BCUT2D eigenvalue weighted by Gasteiger charge is 2.32. The number of hydrogen-bond donors (Lipinski definition) is 1. The Morgan fingerprint density at radius 2 is 1.81 bits per heavy atom. The van der Waals surface area contributed by atoms with Crippen molar-refractivity contribution in [2.24, 2.45) is 5.92 Å². The highest BCUT2D eigenvalue weighted by Crippen LogP contribution is 2.38. The van der Waals surface area contributed by atoms with E-state index in [1.807, 2.05) is 18.2 Å². The molecule has 1 aliphatic rings. The Balaban J connectivity index is 2.03. The first-order valence-corrected chi connectivity index (χ1v) is 9.18. The molecule has 0 bridgehead atoms. The van der Waals surface area contributed by atoms with Gasteiger partial charge >= 0.3 is 5.97 Å². The summed E-state index contributed by atoms with van der Waals surface area (Å²) in [5.41, 5.74) is 4.87. The molecule has 3 rings (SSSR count). The number of carboxylic acid groups (broad SMARTS) is 1. The fourth-order valence-electron chi connectivity index (χ4n) is 3.91. The number of piperidine rings is 1. The van der Waals surface area contributed by atoms with Crippen LogP contribution < -0.4 is 4.74 Å². The van der Waals surface area contributed by atoms with Gasteiger partial charge in [-0.3, -0.25) is 9.69 Å². The third-order valence-corrected chi connectivity index (χ3v) is 5.41. The Morgan fingerprint density at radius 1 is 1.12 bits per heavy atom. The van der Waals surface area contributed by atoms with Crippen LogP contribution in [-0.4, -0.2) is 36.2 Å². The molecule has 0 radical (unpaired) electrons. The third kappa shape index (κ3) is 3.75. The summed E-state index contributed by atoms with van der Waals surface area (Å²) in [6, 6.07) is 14.8. The molecule has 2 aromatic rings. The first kappa shape index (κ1) is 18.5. The van der Waals surface area contributed by atoms with Crippen molar-refractivity contribution in [1.82, 2.24) is 4.90 Å². The van der Waals surface area contributed by atoms with Crippen molar-refractivity contribution >= 4 is 5.97 Å². The van der Waals surface area contributed by atoms with Gasteiger partial charge in [-0.15, -0.1) is 0 Å². The van der Waals surface area contributed by atoms with Crippen molar-refractivity contribution in [2.45, 2.75) is 32.7 Å². The van der Waals surface area contributed by atoms with E-state index in [1.54, 1.807) is 7.11 Å².